The summed E-state index contributed by atoms with van der Waals surface area (Å²) in [5, 5.41) is 8.89. The molecule has 1 atom stereocenters. The van der Waals surface area contributed by atoms with Crippen LogP contribution in [-0.2, 0) is 4.79 Å². The smallest absolute Gasteiger partial charge is 0.227 e. The lowest BCUT2D eigenvalue weighted by atomic mass is 10.0. The Morgan fingerprint density at radius 2 is 2.07 bits per heavy atom. The summed E-state index contributed by atoms with van der Waals surface area (Å²) in [6.07, 6.45) is 1.78. The summed E-state index contributed by atoms with van der Waals surface area (Å²) in [5.41, 5.74) is 5.58. The van der Waals surface area contributed by atoms with Crippen LogP contribution in [0.25, 0.3) is 0 Å². The number of carbonyl (C=O) groups is 1. The molecule has 0 aliphatic rings. The molecular formula is C11H24N2O2. The fourth-order valence-corrected chi connectivity index (χ4v) is 1.66. The van der Waals surface area contributed by atoms with E-state index in [0.717, 1.165) is 12.8 Å². The van der Waals surface area contributed by atoms with Crippen molar-refractivity contribution in [2.24, 2.45) is 11.7 Å². The van der Waals surface area contributed by atoms with Gasteiger partial charge in [0.05, 0.1) is 12.5 Å². The zero-order chi connectivity index (χ0) is 11.8. The Morgan fingerprint density at radius 1 is 1.47 bits per heavy atom. The van der Waals surface area contributed by atoms with Gasteiger partial charge in [-0.05, 0) is 20.3 Å². The molecule has 0 fully saturated rings. The largest absolute Gasteiger partial charge is 0.395 e. The molecule has 0 rings (SSSR count). The van der Waals surface area contributed by atoms with Gasteiger partial charge in [0.25, 0.3) is 0 Å². The Hall–Kier alpha value is -0.610. The van der Waals surface area contributed by atoms with Gasteiger partial charge in [-0.25, -0.2) is 0 Å². The normalized spacial score (nSPS) is 12.9. The van der Waals surface area contributed by atoms with Gasteiger partial charge < -0.3 is 15.7 Å². The number of hydrogen-bond acceptors (Lipinski definition) is 3. The second kappa shape index (κ2) is 7.65. The molecule has 1 unspecified atom stereocenters. The van der Waals surface area contributed by atoms with Crippen LogP contribution in [0.3, 0.4) is 0 Å². The molecule has 0 aliphatic heterocycles. The van der Waals surface area contributed by atoms with E-state index in [1.54, 1.807) is 4.90 Å². The van der Waals surface area contributed by atoms with Gasteiger partial charge in [-0.15, -0.1) is 0 Å². The molecule has 0 saturated heterocycles. The van der Waals surface area contributed by atoms with Gasteiger partial charge in [0.1, 0.15) is 0 Å². The summed E-state index contributed by atoms with van der Waals surface area (Å²) >= 11 is 0. The van der Waals surface area contributed by atoms with Crippen molar-refractivity contribution in [3.63, 3.8) is 0 Å². The number of rotatable bonds is 7. The molecular weight excluding hydrogens is 192 g/mol. The van der Waals surface area contributed by atoms with Crippen molar-refractivity contribution in [2.45, 2.75) is 39.7 Å². The van der Waals surface area contributed by atoms with Crippen molar-refractivity contribution < 1.29 is 9.90 Å². The molecule has 0 radical (unpaired) electrons. The van der Waals surface area contributed by atoms with Gasteiger partial charge in [-0.3, -0.25) is 4.79 Å². The topological polar surface area (TPSA) is 66.6 Å². The minimum Gasteiger partial charge on any atom is -0.395 e. The first-order chi connectivity index (χ1) is 7.08. The lowest BCUT2D eigenvalue weighted by Gasteiger charge is -2.29. The van der Waals surface area contributed by atoms with Crippen LogP contribution in [0.5, 0.6) is 0 Å². The first kappa shape index (κ1) is 14.4. The maximum Gasteiger partial charge on any atom is 0.227 e. The van der Waals surface area contributed by atoms with Crippen LogP contribution in [0.1, 0.15) is 33.6 Å². The van der Waals surface area contributed by atoms with Gasteiger partial charge in [-0.1, -0.05) is 13.3 Å². The SMILES string of the molecule is CCCC(CN)C(=O)N(CCO)C(C)C. The molecule has 0 bridgehead atoms. The molecule has 15 heavy (non-hydrogen) atoms. The zero-order valence-electron chi connectivity index (χ0n) is 10.1. The molecule has 4 nitrogen and oxygen atoms in total. The van der Waals surface area contributed by atoms with Gasteiger partial charge in [0.15, 0.2) is 0 Å². The van der Waals surface area contributed by atoms with Crippen molar-refractivity contribution >= 4 is 5.91 Å². The molecule has 3 N–H and O–H groups in total. The number of aliphatic hydroxyl groups excluding tert-OH is 1. The highest BCUT2D eigenvalue weighted by atomic mass is 16.3. The quantitative estimate of drug-likeness (QED) is 0.654. The van der Waals surface area contributed by atoms with Crippen molar-refractivity contribution in [1.29, 1.82) is 0 Å². The van der Waals surface area contributed by atoms with E-state index in [-0.39, 0.29) is 24.5 Å². The van der Waals surface area contributed by atoms with Crippen molar-refractivity contribution in [1.82, 2.24) is 4.90 Å². The fraction of sp³-hybridized carbons (Fsp3) is 0.909. The predicted octanol–water partition coefficient (Wildman–Crippen LogP) is 0.591. The second-order valence-electron chi connectivity index (χ2n) is 4.07. The maximum atomic E-state index is 12.0. The summed E-state index contributed by atoms with van der Waals surface area (Å²) in [4.78, 5) is 13.7. The summed E-state index contributed by atoms with van der Waals surface area (Å²) in [6.45, 7) is 6.74. The highest BCUT2D eigenvalue weighted by Crippen LogP contribution is 2.11. The zero-order valence-corrected chi connectivity index (χ0v) is 10.1. The third-order valence-corrected chi connectivity index (χ3v) is 2.52. The van der Waals surface area contributed by atoms with E-state index >= 15 is 0 Å². The lowest BCUT2D eigenvalue weighted by molar-refractivity contribution is -0.137. The number of aliphatic hydroxyl groups is 1. The number of nitrogens with two attached hydrogens (primary N) is 1. The third kappa shape index (κ3) is 4.62. The molecule has 0 aromatic heterocycles. The first-order valence-electron chi connectivity index (χ1n) is 5.69. The Kier molecular flexibility index (Phi) is 7.34. The van der Waals surface area contributed by atoms with Crippen LogP contribution in [0, 0.1) is 5.92 Å². The summed E-state index contributed by atoms with van der Waals surface area (Å²) < 4.78 is 0. The molecule has 4 heteroatoms. The Morgan fingerprint density at radius 3 is 2.40 bits per heavy atom. The maximum absolute atomic E-state index is 12.0. The molecule has 0 saturated carbocycles. The van der Waals surface area contributed by atoms with Crippen LogP contribution in [0.4, 0.5) is 0 Å². The van der Waals surface area contributed by atoms with Crippen LogP contribution < -0.4 is 5.73 Å². The predicted molar refractivity (Wildman–Crippen MR) is 61.4 cm³/mol. The van der Waals surface area contributed by atoms with Crippen LogP contribution in [0.15, 0.2) is 0 Å². The van der Waals surface area contributed by atoms with E-state index in [4.69, 9.17) is 10.8 Å². The van der Waals surface area contributed by atoms with E-state index in [9.17, 15) is 4.79 Å². The van der Waals surface area contributed by atoms with Crippen LogP contribution >= 0.6 is 0 Å². The van der Waals surface area contributed by atoms with Gasteiger partial charge in [-0.2, -0.15) is 0 Å². The van der Waals surface area contributed by atoms with Crippen LogP contribution in [-0.4, -0.2) is 41.7 Å². The van der Waals surface area contributed by atoms with Crippen molar-refractivity contribution in [3.8, 4) is 0 Å². The minimum absolute atomic E-state index is 0.00728. The monoisotopic (exact) mass is 216 g/mol. The molecule has 0 spiro atoms. The molecule has 0 heterocycles. The number of hydrogen-bond donors (Lipinski definition) is 2. The van der Waals surface area contributed by atoms with Crippen LogP contribution in [0.2, 0.25) is 0 Å². The fourth-order valence-electron chi connectivity index (χ4n) is 1.66. The van der Waals surface area contributed by atoms with Gasteiger partial charge in [0.2, 0.25) is 5.91 Å². The second-order valence-corrected chi connectivity index (χ2v) is 4.07. The van der Waals surface area contributed by atoms with E-state index in [1.165, 1.54) is 0 Å². The van der Waals surface area contributed by atoms with E-state index in [1.807, 2.05) is 20.8 Å². The average Bonchev–Trinajstić information content (AvgIpc) is 2.21. The Labute approximate surface area is 92.4 Å². The number of carbonyl (C=O) groups excluding carboxylic acids is 1. The van der Waals surface area contributed by atoms with Crippen molar-refractivity contribution in [2.75, 3.05) is 19.7 Å². The molecule has 0 aromatic carbocycles. The number of amides is 1. The minimum atomic E-state index is -0.0936. The van der Waals surface area contributed by atoms with Gasteiger partial charge in [0, 0.05) is 19.1 Å². The Bertz CT molecular complexity index is 183. The van der Waals surface area contributed by atoms with E-state index in [0.29, 0.717) is 13.1 Å². The lowest BCUT2D eigenvalue weighted by Crippen LogP contribution is -2.44. The molecule has 0 aromatic rings. The van der Waals surface area contributed by atoms with Gasteiger partial charge >= 0.3 is 0 Å². The van der Waals surface area contributed by atoms with E-state index < -0.39 is 0 Å². The third-order valence-electron chi connectivity index (χ3n) is 2.52. The summed E-state index contributed by atoms with van der Waals surface area (Å²) in [5.74, 6) is -0.0210. The standard InChI is InChI=1S/C11H24N2O2/c1-4-5-10(8-12)11(15)13(6-7-14)9(2)3/h9-10,14H,4-8,12H2,1-3H3. The first-order valence-corrected chi connectivity index (χ1v) is 5.69. The number of nitrogens with zero attached hydrogens (tertiary/aromatic N) is 1. The molecule has 90 valence electrons. The highest BCUT2D eigenvalue weighted by molar-refractivity contribution is 5.79. The molecule has 0 aliphatic carbocycles. The highest BCUT2D eigenvalue weighted by Gasteiger charge is 2.23. The average molecular weight is 216 g/mol. The summed E-state index contributed by atoms with van der Waals surface area (Å²) in [6, 6.07) is 0.121. The molecule has 1 amide bonds. The summed E-state index contributed by atoms with van der Waals surface area (Å²) in [7, 11) is 0. The van der Waals surface area contributed by atoms with E-state index in [2.05, 4.69) is 0 Å². The van der Waals surface area contributed by atoms with Crippen molar-refractivity contribution in [3.05, 3.63) is 0 Å². The Balaban J connectivity index is 4.44.